The van der Waals surface area contributed by atoms with E-state index < -0.39 is 6.10 Å². The summed E-state index contributed by atoms with van der Waals surface area (Å²) in [6.07, 6.45) is 60.2. The van der Waals surface area contributed by atoms with Crippen LogP contribution in [0.2, 0.25) is 0 Å². The highest BCUT2D eigenvalue weighted by Gasteiger charge is 2.17. The van der Waals surface area contributed by atoms with Gasteiger partial charge in [-0.25, -0.2) is 0 Å². The Labute approximate surface area is 346 Å². The van der Waals surface area contributed by atoms with Crippen LogP contribution in [-0.2, 0) is 23.8 Å². The molecule has 0 bridgehead atoms. The number of unbranched alkanes of at least 4 members (excludes halogenated alkanes) is 16. The molecule has 0 aromatic rings. The van der Waals surface area contributed by atoms with Crippen molar-refractivity contribution in [2.45, 2.75) is 207 Å². The van der Waals surface area contributed by atoms with Crippen LogP contribution >= 0.6 is 0 Å². The van der Waals surface area contributed by atoms with Crippen LogP contribution in [-0.4, -0.2) is 37.9 Å². The molecule has 1 atom stereocenters. The zero-order valence-corrected chi connectivity index (χ0v) is 36.6. The molecule has 0 fully saturated rings. The maximum absolute atomic E-state index is 12.7. The van der Waals surface area contributed by atoms with Gasteiger partial charge >= 0.3 is 11.9 Å². The molecule has 0 aliphatic carbocycles. The third-order valence-electron chi connectivity index (χ3n) is 9.44. The maximum atomic E-state index is 12.7. The van der Waals surface area contributed by atoms with Crippen molar-refractivity contribution in [3.05, 3.63) is 85.1 Å². The average Bonchev–Trinajstić information content (AvgIpc) is 3.20. The number of allylic oxidation sites excluding steroid dienone is 14. The van der Waals surface area contributed by atoms with Gasteiger partial charge in [0.05, 0.1) is 6.61 Å². The zero-order valence-electron chi connectivity index (χ0n) is 36.6. The minimum absolute atomic E-state index is 0.0492. The summed E-state index contributed by atoms with van der Waals surface area (Å²) in [5, 5.41) is 0. The summed E-state index contributed by atoms with van der Waals surface area (Å²) in [4.78, 5) is 25.2. The lowest BCUT2D eigenvalue weighted by Crippen LogP contribution is -2.30. The highest BCUT2D eigenvalue weighted by molar-refractivity contribution is 5.70. The largest absolute Gasteiger partial charge is 0.462 e. The molecule has 0 aliphatic rings. The summed E-state index contributed by atoms with van der Waals surface area (Å²) in [5.74, 6) is -0.505. The van der Waals surface area contributed by atoms with E-state index in [4.69, 9.17) is 14.2 Å². The molecular weight excluding hydrogens is 693 g/mol. The van der Waals surface area contributed by atoms with Crippen LogP contribution in [0.15, 0.2) is 85.1 Å². The molecule has 0 N–H and O–H groups in total. The lowest BCUT2D eigenvalue weighted by atomic mass is 10.1. The van der Waals surface area contributed by atoms with E-state index in [1.807, 2.05) is 6.08 Å². The number of hydrogen-bond acceptors (Lipinski definition) is 5. The lowest BCUT2D eigenvalue weighted by Gasteiger charge is -2.18. The van der Waals surface area contributed by atoms with E-state index in [0.717, 1.165) is 83.5 Å². The monoisotopic (exact) mass is 779 g/mol. The van der Waals surface area contributed by atoms with E-state index in [1.165, 1.54) is 77.0 Å². The van der Waals surface area contributed by atoms with Crippen molar-refractivity contribution in [3.63, 3.8) is 0 Å². The molecular formula is C51H86O5. The smallest absolute Gasteiger partial charge is 0.306 e. The third-order valence-corrected chi connectivity index (χ3v) is 9.44. The minimum Gasteiger partial charge on any atom is -0.462 e. The van der Waals surface area contributed by atoms with Crippen molar-refractivity contribution in [2.75, 3.05) is 19.8 Å². The van der Waals surface area contributed by atoms with E-state index in [2.05, 4.69) is 99.8 Å². The van der Waals surface area contributed by atoms with Crippen molar-refractivity contribution in [3.8, 4) is 0 Å². The molecule has 0 aromatic heterocycles. The fourth-order valence-electron chi connectivity index (χ4n) is 6.07. The number of esters is 2. The third kappa shape index (κ3) is 43.8. The van der Waals surface area contributed by atoms with Crippen LogP contribution in [0.3, 0.4) is 0 Å². The molecule has 0 aliphatic heterocycles. The summed E-state index contributed by atoms with van der Waals surface area (Å²) in [6.45, 7) is 7.50. The summed E-state index contributed by atoms with van der Waals surface area (Å²) >= 11 is 0. The molecule has 0 heterocycles. The minimum atomic E-state index is -0.578. The second-order valence-corrected chi connectivity index (χ2v) is 14.9. The van der Waals surface area contributed by atoms with Gasteiger partial charge in [0, 0.05) is 19.4 Å². The second-order valence-electron chi connectivity index (χ2n) is 14.9. The first kappa shape index (κ1) is 53.1. The molecule has 1 unspecified atom stereocenters. The van der Waals surface area contributed by atoms with Crippen molar-refractivity contribution in [1.82, 2.24) is 0 Å². The molecule has 320 valence electrons. The lowest BCUT2D eigenvalue weighted by molar-refractivity contribution is -0.162. The van der Waals surface area contributed by atoms with Gasteiger partial charge < -0.3 is 14.2 Å². The quantitative estimate of drug-likeness (QED) is 0.0351. The van der Waals surface area contributed by atoms with Crippen molar-refractivity contribution in [2.24, 2.45) is 0 Å². The number of carbonyl (C=O) groups excluding carboxylic acids is 2. The van der Waals surface area contributed by atoms with E-state index in [1.54, 1.807) is 0 Å². The van der Waals surface area contributed by atoms with Gasteiger partial charge in [-0.15, -0.1) is 0 Å². The van der Waals surface area contributed by atoms with E-state index >= 15 is 0 Å². The van der Waals surface area contributed by atoms with E-state index in [-0.39, 0.29) is 25.2 Å². The highest BCUT2D eigenvalue weighted by Crippen LogP contribution is 2.13. The molecule has 0 saturated heterocycles. The summed E-state index contributed by atoms with van der Waals surface area (Å²) in [6, 6.07) is 0. The van der Waals surface area contributed by atoms with Gasteiger partial charge in [0.15, 0.2) is 6.10 Å². The van der Waals surface area contributed by atoms with Crippen LogP contribution in [0.1, 0.15) is 201 Å². The second kappa shape index (κ2) is 46.5. The molecule has 0 amide bonds. The van der Waals surface area contributed by atoms with Crippen molar-refractivity contribution in [1.29, 1.82) is 0 Å². The molecule has 56 heavy (non-hydrogen) atoms. The number of hydrogen-bond donors (Lipinski definition) is 0. The fraction of sp³-hybridized carbons (Fsp3) is 0.686. The Morgan fingerprint density at radius 2 is 0.839 bits per heavy atom. The predicted octanol–water partition coefficient (Wildman–Crippen LogP) is 15.3. The summed E-state index contributed by atoms with van der Waals surface area (Å²) in [7, 11) is 0. The van der Waals surface area contributed by atoms with Crippen LogP contribution in [0.4, 0.5) is 0 Å². The van der Waals surface area contributed by atoms with Crippen LogP contribution in [0, 0.1) is 0 Å². The normalized spacial score (nSPS) is 13.0. The van der Waals surface area contributed by atoms with E-state index in [0.29, 0.717) is 25.9 Å². The zero-order chi connectivity index (χ0) is 40.7. The van der Waals surface area contributed by atoms with Gasteiger partial charge in [0.2, 0.25) is 0 Å². The highest BCUT2D eigenvalue weighted by atomic mass is 16.6. The Morgan fingerprint density at radius 1 is 0.411 bits per heavy atom. The van der Waals surface area contributed by atoms with Crippen LogP contribution in [0.25, 0.3) is 0 Å². The molecule has 0 rings (SSSR count). The summed E-state index contributed by atoms with van der Waals surface area (Å²) < 4.78 is 17.2. The van der Waals surface area contributed by atoms with Crippen LogP contribution in [0.5, 0.6) is 0 Å². The Balaban J connectivity index is 4.33. The molecule has 5 nitrogen and oxygen atoms in total. The van der Waals surface area contributed by atoms with Crippen molar-refractivity contribution < 1.29 is 23.8 Å². The van der Waals surface area contributed by atoms with Gasteiger partial charge in [-0.3, -0.25) is 9.59 Å². The SMILES string of the molecule is CC/C=C\C/C=C\C/C=C\C/C=C\CCC(=O)OC(COCCCCCCCCCCCC)COC(=O)CCCCCCCCC/C=C\C/C=C\C/C=C\CC. The van der Waals surface area contributed by atoms with E-state index in [9.17, 15) is 9.59 Å². The number of ether oxygens (including phenoxy) is 3. The topological polar surface area (TPSA) is 61.8 Å². The maximum Gasteiger partial charge on any atom is 0.306 e. The Kier molecular flexibility index (Phi) is 44.0. The van der Waals surface area contributed by atoms with Gasteiger partial charge in [0.25, 0.3) is 0 Å². The first-order valence-corrected chi connectivity index (χ1v) is 23.1. The molecule has 0 saturated carbocycles. The van der Waals surface area contributed by atoms with Gasteiger partial charge in [-0.05, 0) is 77.0 Å². The standard InChI is InChI=1S/C51H86O5/c1-4-7-10-13-16-19-22-24-25-26-27-29-30-32-35-38-41-44-50(52)55-48-49(47-54-46-43-40-37-34-21-18-15-12-9-6-3)56-51(53)45-42-39-36-33-31-28-23-20-17-14-11-8-5-2/h7-8,10-11,16-17,19-20,24-25,28,31,36,39,49H,4-6,9,12-15,18,21-23,26-27,29-30,32-35,37-38,40-48H2,1-3H3/b10-7-,11-8-,19-16-,20-17-,25-24-,31-28-,39-36-. The van der Waals surface area contributed by atoms with Crippen molar-refractivity contribution >= 4 is 11.9 Å². The fourth-order valence-corrected chi connectivity index (χ4v) is 6.07. The average molecular weight is 779 g/mol. The van der Waals surface area contributed by atoms with Gasteiger partial charge in [0.1, 0.15) is 6.61 Å². The first-order chi connectivity index (χ1) is 27.6. The Bertz CT molecular complexity index is 1060. The molecule has 5 heteroatoms. The summed E-state index contributed by atoms with van der Waals surface area (Å²) in [5.41, 5.74) is 0. The molecule has 0 radical (unpaired) electrons. The van der Waals surface area contributed by atoms with Gasteiger partial charge in [-0.1, -0.05) is 196 Å². The van der Waals surface area contributed by atoms with Gasteiger partial charge in [-0.2, -0.15) is 0 Å². The first-order valence-electron chi connectivity index (χ1n) is 23.1. The molecule has 0 aromatic carbocycles. The predicted molar refractivity (Wildman–Crippen MR) is 242 cm³/mol. The van der Waals surface area contributed by atoms with Crippen LogP contribution < -0.4 is 0 Å². The Hall–Kier alpha value is -2.92. The molecule has 0 spiro atoms. The Morgan fingerprint density at radius 3 is 1.36 bits per heavy atom. The number of rotatable bonds is 41. The number of carbonyl (C=O) groups is 2.